The van der Waals surface area contributed by atoms with Crippen LogP contribution in [-0.2, 0) is 19.5 Å². The lowest BCUT2D eigenvalue weighted by atomic mass is 10.2. The molecule has 0 saturated heterocycles. The molecule has 0 aliphatic carbocycles. The summed E-state index contributed by atoms with van der Waals surface area (Å²) in [6.07, 6.45) is -3.68. The Kier molecular flexibility index (Phi) is 2.18. The molecule has 1 aromatic rings. The Morgan fingerprint density at radius 3 is 2.93 bits per heavy atom. The Bertz CT molecular complexity index is 330. The first kappa shape index (κ1) is 9.45. The molecule has 0 saturated carbocycles. The second kappa shape index (κ2) is 3.23. The molecule has 0 aromatic carbocycles. The highest BCUT2D eigenvalue weighted by molar-refractivity contribution is 5.13. The second-order valence-electron chi connectivity index (χ2n) is 3.18. The predicted octanol–water partition coefficient (Wildman–Crippen LogP) is 0.486. The number of hydrogen-bond acceptors (Lipinski definition) is 3. The molecule has 1 aliphatic heterocycles. The topological polar surface area (TPSA) is 42.7 Å². The lowest BCUT2D eigenvalue weighted by Crippen LogP contribution is -2.27. The molecule has 7 heteroatoms. The maximum Gasteiger partial charge on any atom is 0.408 e. The van der Waals surface area contributed by atoms with Crippen molar-refractivity contribution < 1.29 is 13.2 Å². The normalized spacial score (nSPS) is 16.8. The van der Waals surface area contributed by atoms with Gasteiger partial charge in [-0.3, -0.25) is 0 Å². The molecule has 0 bridgehead atoms. The van der Waals surface area contributed by atoms with Crippen LogP contribution in [0.25, 0.3) is 0 Å². The third-order valence-corrected chi connectivity index (χ3v) is 2.08. The van der Waals surface area contributed by atoms with Crippen LogP contribution in [0.5, 0.6) is 0 Å². The van der Waals surface area contributed by atoms with Gasteiger partial charge in [-0.25, -0.2) is 4.68 Å². The fourth-order valence-electron chi connectivity index (χ4n) is 1.49. The van der Waals surface area contributed by atoms with E-state index in [-0.39, 0.29) is 0 Å². The number of alkyl halides is 3. The van der Waals surface area contributed by atoms with E-state index in [4.69, 9.17) is 0 Å². The Balaban J connectivity index is 2.22. The van der Waals surface area contributed by atoms with E-state index in [0.29, 0.717) is 30.9 Å². The zero-order valence-electron chi connectivity index (χ0n) is 7.30. The Morgan fingerprint density at radius 1 is 1.43 bits per heavy atom. The molecule has 1 N–H and O–H groups in total. The Morgan fingerprint density at radius 2 is 2.21 bits per heavy atom. The Labute approximate surface area is 78.1 Å². The predicted molar refractivity (Wildman–Crippen MR) is 41.5 cm³/mol. The molecule has 0 unspecified atom stereocenters. The van der Waals surface area contributed by atoms with Gasteiger partial charge < -0.3 is 5.32 Å². The molecule has 0 spiro atoms. The third kappa shape index (κ3) is 1.87. The summed E-state index contributed by atoms with van der Waals surface area (Å²) in [6.45, 7) is 0.140. The van der Waals surface area contributed by atoms with Crippen LogP contribution in [0.3, 0.4) is 0 Å². The average Bonchev–Trinajstić information content (AvgIpc) is 2.47. The summed E-state index contributed by atoms with van der Waals surface area (Å²) in [7, 11) is 0. The van der Waals surface area contributed by atoms with E-state index in [0.717, 1.165) is 4.68 Å². The van der Waals surface area contributed by atoms with Crippen LogP contribution in [0.1, 0.15) is 11.4 Å². The minimum Gasteiger partial charge on any atom is -0.311 e. The van der Waals surface area contributed by atoms with Gasteiger partial charge in [-0.2, -0.15) is 13.2 Å². The van der Waals surface area contributed by atoms with Gasteiger partial charge >= 0.3 is 6.18 Å². The number of rotatable bonds is 1. The van der Waals surface area contributed by atoms with Crippen LogP contribution in [0.4, 0.5) is 13.2 Å². The molecule has 1 aliphatic rings. The molecule has 0 radical (unpaired) electrons. The molecule has 0 fully saturated rings. The van der Waals surface area contributed by atoms with Crippen molar-refractivity contribution in [3.05, 3.63) is 11.4 Å². The van der Waals surface area contributed by atoms with Crippen LogP contribution in [0.15, 0.2) is 0 Å². The summed E-state index contributed by atoms with van der Waals surface area (Å²) in [5.41, 5.74) is 1.22. The summed E-state index contributed by atoms with van der Waals surface area (Å²) in [5, 5.41) is 10.2. The number of hydrogen-bond donors (Lipinski definition) is 1. The van der Waals surface area contributed by atoms with Crippen LogP contribution in [-0.4, -0.2) is 27.7 Å². The highest BCUT2D eigenvalue weighted by Gasteiger charge is 2.30. The van der Waals surface area contributed by atoms with Crippen LogP contribution < -0.4 is 5.32 Å². The molecular formula is C7H9F3N4. The van der Waals surface area contributed by atoms with E-state index in [1.165, 1.54) is 0 Å². The van der Waals surface area contributed by atoms with Crippen molar-refractivity contribution in [2.45, 2.75) is 25.7 Å². The van der Waals surface area contributed by atoms with Crippen molar-refractivity contribution in [2.75, 3.05) is 6.54 Å². The molecule has 1 aromatic heterocycles. The van der Waals surface area contributed by atoms with E-state index < -0.39 is 12.7 Å². The van der Waals surface area contributed by atoms with Crippen LogP contribution >= 0.6 is 0 Å². The van der Waals surface area contributed by atoms with Gasteiger partial charge in [0.25, 0.3) is 0 Å². The van der Waals surface area contributed by atoms with Gasteiger partial charge in [-0.05, 0) is 0 Å². The van der Waals surface area contributed by atoms with Gasteiger partial charge in [0.15, 0.2) is 0 Å². The molecule has 2 rings (SSSR count). The fourth-order valence-corrected chi connectivity index (χ4v) is 1.49. The Hall–Kier alpha value is -1.11. The molecule has 78 valence electrons. The first-order valence-corrected chi connectivity index (χ1v) is 4.25. The summed E-state index contributed by atoms with van der Waals surface area (Å²) in [5.74, 6) is 0. The maximum absolute atomic E-state index is 12.1. The smallest absolute Gasteiger partial charge is 0.311 e. The van der Waals surface area contributed by atoms with Crippen molar-refractivity contribution >= 4 is 0 Å². The van der Waals surface area contributed by atoms with Crippen molar-refractivity contribution in [2.24, 2.45) is 0 Å². The van der Waals surface area contributed by atoms with Gasteiger partial charge in [0.1, 0.15) is 6.54 Å². The first-order valence-electron chi connectivity index (χ1n) is 4.25. The van der Waals surface area contributed by atoms with Crippen molar-refractivity contribution in [1.82, 2.24) is 20.3 Å². The molecular weight excluding hydrogens is 197 g/mol. The highest BCUT2D eigenvalue weighted by atomic mass is 19.4. The van der Waals surface area contributed by atoms with E-state index >= 15 is 0 Å². The lowest BCUT2D eigenvalue weighted by molar-refractivity contribution is -0.143. The number of fused-ring (bicyclic) bond motifs is 1. The van der Waals surface area contributed by atoms with Gasteiger partial charge in [0, 0.05) is 19.5 Å². The highest BCUT2D eigenvalue weighted by Crippen LogP contribution is 2.19. The number of halogens is 3. The van der Waals surface area contributed by atoms with Gasteiger partial charge in [0.05, 0.1) is 11.4 Å². The molecule has 0 atom stereocenters. The molecule has 14 heavy (non-hydrogen) atoms. The SMILES string of the molecule is FC(F)(F)Cn1nnc2c1CCNC2. The summed E-state index contributed by atoms with van der Waals surface area (Å²) in [4.78, 5) is 0. The van der Waals surface area contributed by atoms with Crippen LogP contribution in [0.2, 0.25) is 0 Å². The van der Waals surface area contributed by atoms with Gasteiger partial charge in [-0.1, -0.05) is 5.21 Å². The summed E-state index contributed by atoms with van der Waals surface area (Å²) < 4.78 is 37.2. The summed E-state index contributed by atoms with van der Waals surface area (Å²) in [6, 6.07) is 0. The van der Waals surface area contributed by atoms with E-state index in [2.05, 4.69) is 15.6 Å². The largest absolute Gasteiger partial charge is 0.408 e. The second-order valence-corrected chi connectivity index (χ2v) is 3.18. The summed E-state index contributed by atoms with van der Waals surface area (Å²) >= 11 is 0. The molecule has 0 amide bonds. The number of aromatic nitrogens is 3. The zero-order chi connectivity index (χ0) is 10.2. The van der Waals surface area contributed by atoms with E-state index in [1.54, 1.807) is 0 Å². The van der Waals surface area contributed by atoms with Gasteiger partial charge in [0.2, 0.25) is 0 Å². The lowest BCUT2D eigenvalue weighted by Gasteiger charge is -2.14. The standard InChI is InChI=1S/C7H9F3N4/c8-7(9,10)4-14-6-1-2-11-3-5(6)12-13-14/h11H,1-4H2. The van der Waals surface area contributed by atoms with Crippen molar-refractivity contribution in [3.63, 3.8) is 0 Å². The van der Waals surface area contributed by atoms with E-state index in [9.17, 15) is 13.2 Å². The van der Waals surface area contributed by atoms with Crippen molar-refractivity contribution in [1.29, 1.82) is 0 Å². The molecule has 2 heterocycles. The maximum atomic E-state index is 12.1. The minimum atomic E-state index is -4.23. The first-order chi connectivity index (χ1) is 6.56. The quantitative estimate of drug-likeness (QED) is 0.727. The monoisotopic (exact) mass is 206 g/mol. The number of nitrogens with one attached hydrogen (secondary N) is 1. The zero-order valence-corrected chi connectivity index (χ0v) is 7.30. The van der Waals surface area contributed by atoms with Crippen molar-refractivity contribution in [3.8, 4) is 0 Å². The van der Waals surface area contributed by atoms with Gasteiger partial charge in [-0.15, -0.1) is 5.10 Å². The fraction of sp³-hybridized carbons (Fsp3) is 0.714. The molecule has 4 nitrogen and oxygen atoms in total. The minimum absolute atomic E-state index is 0.507. The average molecular weight is 206 g/mol. The number of nitrogens with zero attached hydrogens (tertiary/aromatic N) is 3. The third-order valence-electron chi connectivity index (χ3n) is 2.08. The van der Waals surface area contributed by atoms with Crippen LogP contribution in [0, 0.1) is 0 Å². The van der Waals surface area contributed by atoms with E-state index in [1.807, 2.05) is 0 Å².